The van der Waals surface area contributed by atoms with Crippen molar-refractivity contribution in [2.75, 3.05) is 4.81 Å². The Morgan fingerprint density at radius 1 is 0.554 bits per heavy atom. The highest BCUT2D eigenvalue weighted by Gasteiger charge is 2.52. The minimum Gasteiger partial charge on any atom is -0.456 e. The van der Waals surface area contributed by atoms with Gasteiger partial charge in [-0.15, -0.1) is 0 Å². The van der Waals surface area contributed by atoms with E-state index in [0.717, 1.165) is 22.3 Å². The molecule has 0 spiro atoms. The van der Waals surface area contributed by atoms with Gasteiger partial charge < -0.3 is 9.23 Å². The third-order valence-corrected chi connectivity index (χ3v) is 19.3. The Bertz CT molecular complexity index is 3910. The van der Waals surface area contributed by atoms with Crippen LogP contribution in [0.5, 0.6) is 0 Å². The smallest absolute Gasteiger partial charge is 0.329 e. The molecule has 0 radical (unpaired) electrons. The summed E-state index contributed by atoms with van der Waals surface area (Å²) in [6.45, 7) is 31.6. The second-order valence-corrected chi connectivity index (χ2v) is 26.4. The van der Waals surface area contributed by atoms with Gasteiger partial charge in [-0.2, -0.15) is 0 Å². The second kappa shape index (κ2) is 14.9. The molecular weight excluding hydrogens is 894 g/mol. The Labute approximate surface area is 440 Å². The lowest BCUT2D eigenvalue weighted by molar-refractivity contribution is 0.332. The first-order valence-electron chi connectivity index (χ1n) is 27.5. The van der Waals surface area contributed by atoms with Gasteiger partial charge in [-0.3, -0.25) is 0 Å². The van der Waals surface area contributed by atoms with Crippen molar-refractivity contribution in [3.8, 4) is 55.8 Å². The first kappa shape index (κ1) is 45.8. The van der Waals surface area contributed by atoms with E-state index in [-0.39, 0.29) is 39.8 Å². The number of rotatable bonds is 3. The molecular formula is C71H68BNO. The summed E-state index contributed by atoms with van der Waals surface area (Å²) in [6.07, 6.45) is 2.35. The summed E-state index contributed by atoms with van der Waals surface area (Å²) in [6, 6.07) is 56.7. The van der Waals surface area contributed by atoms with E-state index in [1.165, 1.54) is 135 Å². The molecule has 1 aromatic heterocycles. The first-order chi connectivity index (χ1) is 35.2. The van der Waals surface area contributed by atoms with Gasteiger partial charge in [-0.1, -0.05) is 192 Å². The molecule has 9 aromatic rings. The molecule has 1 unspecified atom stereocenters. The fourth-order valence-electron chi connectivity index (χ4n) is 15.1. The van der Waals surface area contributed by atoms with Crippen LogP contribution < -0.4 is 15.7 Å². The molecule has 1 atom stereocenters. The van der Waals surface area contributed by atoms with E-state index >= 15 is 0 Å². The number of fused-ring (bicyclic) bond motifs is 13. The van der Waals surface area contributed by atoms with Crippen LogP contribution in [0.2, 0.25) is 0 Å². The lowest BCUT2D eigenvalue weighted by Crippen LogP contribution is -2.62. The van der Waals surface area contributed by atoms with E-state index in [1.54, 1.807) is 0 Å². The van der Waals surface area contributed by atoms with E-state index < -0.39 is 0 Å². The maximum absolute atomic E-state index is 6.95. The number of hydrogen-bond acceptors (Lipinski definition) is 2. The maximum atomic E-state index is 6.95. The molecule has 0 saturated heterocycles. The molecule has 5 aliphatic rings. The summed E-state index contributed by atoms with van der Waals surface area (Å²) < 4.78 is 6.95. The van der Waals surface area contributed by atoms with Crippen molar-refractivity contribution in [1.29, 1.82) is 0 Å². The monoisotopic (exact) mass is 962 g/mol. The quantitative estimate of drug-likeness (QED) is 0.164. The predicted octanol–water partition coefficient (Wildman–Crippen LogP) is 17.7. The van der Waals surface area contributed by atoms with Crippen LogP contribution in [0.1, 0.15) is 157 Å². The Morgan fingerprint density at radius 3 is 1.88 bits per heavy atom. The molecule has 3 aliphatic carbocycles. The number of nitrogens with zero attached hydrogens (tertiary/aromatic N) is 1. The van der Waals surface area contributed by atoms with Crippen LogP contribution in [0, 0.1) is 6.92 Å². The number of hydrogen-bond donors (Lipinski definition) is 0. The van der Waals surface area contributed by atoms with Crippen LogP contribution in [0.15, 0.2) is 150 Å². The third kappa shape index (κ3) is 6.07. The minimum absolute atomic E-state index is 0.0114. The fraction of sp³-hybridized carbons (Fsp3) is 0.296. The molecule has 0 fully saturated rings. The van der Waals surface area contributed by atoms with Crippen LogP contribution in [0.3, 0.4) is 0 Å². The Kier molecular flexibility index (Phi) is 9.23. The predicted molar refractivity (Wildman–Crippen MR) is 314 cm³/mol. The zero-order valence-electron chi connectivity index (χ0n) is 45.8. The minimum atomic E-state index is -0.300. The van der Waals surface area contributed by atoms with Gasteiger partial charge in [0.15, 0.2) is 0 Å². The molecule has 0 saturated carbocycles. The molecule has 74 heavy (non-hydrogen) atoms. The van der Waals surface area contributed by atoms with E-state index in [9.17, 15) is 0 Å². The molecule has 0 amide bonds. The van der Waals surface area contributed by atoms with Gasteiger partial charge in [-0.25, -0.2) is 0 Å². The van der Waals surface area contributed by atoms with Gasteiger partial charge in [0, 0.05) is 44.6 Å². The molecule has 0 N–H and O–H groups in total. The zero-order chi connectivity index (χ0) is 51.3. The average Bonchev–Trinajstić information content (AvgIpc) is 3.98. The molecule has 366 valence electrons. The molecule has 0 bridgehead atoms. The van der Waals surface area contributed by atoms with E-state index in [4.69, 9.17) is 4.42 Å². The highest BCUT2D eigenvalue weighted by molar-refractivity contribution is 6.92. The van der Waals surface area contributed by atoms with Crippen molar-refractivity contribution in [3.63, 3.8) is 0 Å². The van der Waals surface area contributed by atoms with E-state index in [1.807, 2.05) is 0 Å². The number of furan rings is 1. The lowest BCUT2D eigenvalue weighted by atomic mass is 9.39. The van der Waals surface area contributed by atoms with Crippen LogP contribution in [-0.2, 0) is 27.1 Å². The second-order valence-electron chi connectivity index (χ2n) is 26.4. The molecule has 2 aliphatic heterocycles. The van der Waals surface area contributed by atoms with Gasteiger partial charge in [0.25, 0.3) is 0 Å². The highest BCUT2D eigenvalue weighted by Crippen LogP contribution is 2.62. The standard InChI is InChI=1S/C71H68BNO/c1-40-33-55-56(69(8,9)32-31-68(55,6)7)37-48(40)62-61-41(2)49-38-60-43(35-59(74-60)42-21-15-14-16-22-42)34-57(49)72-66(61)64(65-63(62)47-24-18-20-26-53(47)71(65,12)13)51-36-50-46-23-17-19-25-52(46)70(10,11)54(50)39-58(51)73(72)45-29-27-44(28-30-45)67(3,4)5/h14-30,33-39,41H,31-32H2,1-13H3. The molecule has 8 aromatic carbocycles. The summed E-state index contributed by atoms with van der Waals surface area (Å²) in [7, 11) is 0. The summed E-state index contributed by atoms with van der Waals surface area (Å²) in [5.41, 5.74) is 32.3. The Hall–Kier alpha value is -6.84. The summed E-state index contributed by atoms with van der Waals surface area (Å²) in [5, 5.41) is 1.14. The highest BCUT2D eigenvalue weighted by atomic mass is 16.3. The fourth-order valence-corrected chi connectivity index (χ4v) is 15.1. The molecule has 2 nitrogen and oxygen atoms in total. The Balaban J connectivity index is 1.18. The Morgan fingerprint density at radius 2 is 1.19 bits per heavy atom. The van der Waals surface area contributed by atoms with Crippen molar-refractivity contribution in [3.05, 3.63) is 201 Å². The van der Waals surface area contributed by atoms with Crippen molar-refractivity contribution in [2.45, 2.75) is 136 Å². The van der Waals surface area contributed by atoms with Crippen molar-refractivity contribution in [1.82, 2.24) is 0 Å². The first-order valence-corrected chi connectivity index (χ1v) is 27.5. The van der Waals surface area contributed by atoms with Gasteiger partial charge in [0.1, 0.15) is 11.3 Å². The van der Waals surface area contributed by atoms with Gasteiger partial charge in [0.2, 0.25) is 0 Å². The summed E-state index contributed by atoms with van der Waals surface area (Å²) >= 11 is 0. The van der Waals surface area contributed by atoms with Gasteiger partial charge in [0.05, 0.1) is 0 Å². The van der Waals surface area contributed by atoms with Crippen LogP contribution in [0.4, 0.5) is 11.4 Å². The number of anilines is 2. The van der Waals surface area contributed by atoms with Crippen molar-refractivity contribution in [2.24, 2.45) is 0 Å². The number of benzene rings is 8. The van der Waals surface area contributed by atoms with Gasteiger partial charge >= 0.3 is 6.85 Å². The zero-order valence-corrected chi connectivity index (χ0v) is 45.8. The van der Waals surface area contributed by atoms with E-state index in [2.05, 4.69) is 240 Å². The SMILES string of the molecule is Cc1cc2c(cc1-c1c3c(c4c5c1C(C)c1cc6oc(-c7ccccc7)cc6cc1B5N(c1ccc(C(C)(C)C)cc1)c1cc5c(cc1-4)-c1ccccc1C5(C)C)C(C)(C)c1ccccc1-3)C(C)(C)CCC2(C)C. The van der Waals surface area contributed by atoms with Crippen molar-refractivity contribution >= 4 is 40.1 Å². The van der Waals surface area contributed by atoms with Gasteiger partial charge in [-0.05, 0) is 178 Å². The maximum Gasteiger partial charge on any atom is 0.329 e. The third-order valence-electron chi connectivity index (χ3n) is 19.3. The topological polar surface area (TPSA) is 16.4 Å². The van der Waals surface area contributed by atoms with Crippen molar-refractivity contribution < 1.29 is 4.42 Å². The normalized spacial score (nSPS) is 18.5. The largest absolute Gasteiger partial charge is 0.456 e. The molecule has 3 heterocycles. The summed E-state index contributed by atoms with van der Waals surface area (Å²) in [5.74, 6) is 0.949. The molecule has 14 rings (SSSR count). The van der Waals surface area contributed by atoms with Crippen LogP contribution in [-0.4, -0.2) is 6.85 Å². The molecule has 3 heteroatoms. The van der Waals surface area contributed by atoms with Crippen LogP contribution in [0.25, 0.3) is 66.8 Å². The number of aryl methyl sites for hydroxylation is 1. The van der Waals surface area contributed by atoms with E-state index in [0.29, 0.717) is 0 Å². The van der Waals surface area contributed by atoms with Crippen LogP contribution >= 0.6 is 0 Å². The lowest BCUT2D eigenvalue weighted by Gasteiger charge is -2.47. The average molecular weight is 962 g/mol. The summed E-state index contributed by atoms with van der Waals surface area (Å²) in [4.78, 5) is 2.78.